The molecule has 1 amide bonds. The summed E-state index contributed by atoms with van der Waals surface area (Å²) in [7, 11) is 5.64. The van der Waals surface area contributed by atoms with Crippen LogP contribution in [0.1, 0.15) is 25.5 Å². The quantitative estimate of drug-likeness (QED) is 0.376. The molecule has 1 aromatic rings. The molecule has 0 aliphatic carbocycles. The minimum atomic E-state index is 0. The highest BCUT2D eigenvalue weighted by atomic mass is 127. The Balaban J connectivity index is 0.00000484. The smallest absolute Gasteiger partial charge is 0.221 e. The van der Waals surface area contributed by atoms with Gasteiger partial charge in [-0.2, -0.15) is 0 Å². The van der Waals surface area contributed by atoms with Crippen molar-refractivity contribution in [3.05, 3.63) is 23.0 Å². The average Bonchev–Trinajstić information content (AvgIpc) is 2.79. The molecule has 23 heavy (non-hydrogen) atoms. The molecule has 0 atom stereocenters. The topological polar surface area (TPSA) is 61.7 Å². The zero-order valence-electron chi connectivity index (χ0n) is 14.2. The first-order valence-corrected chi connectivity index (χ1v) is 7.85. The highest BCUT2D eigenvalue weighted by Crippen LogP contribution is 2.14. The number of hydrogen-bond acceptors (Lipinski definition) is 2. The van der Waals surface area contributed by atoms with Crippen molar-refractivity contribution in [2.75, 3.05) is 27.2 Å². The first-order valence-electron chi connectivity index (χ1n) is 7.47. The predicted octanol–water partition coefficient (Wildman–Crippen LogP) is 2.22. The number of nitrogens with one attached hydrogen (secondary N) is 2. The largest absolute Gasteiger partial charge is 0.356 e. The fourth-order valence-corrected chi connectivity index (χ4v) is 2.34. The molecule has 1 aromatic heterocycles. The lowest BCUT2D eigenvalue weighted by atomic mass is 10.3. The number of hydrogen-bond donors (Lipinski definition) is 2. The second-order valence-corrected chi connectivity index (χ2v) is 5.63. The van der Waals surface area contributed by atoms with Crippen LogP contribution in [0, 0.1) is 0 Å². The number of amides is 1. The summed E-state index contributed by atoms with van der Waals surface area (Å²) in [5.74, 6) is 0.808. The van der Waals surface area contributed by atoms with Crippen molar-refractivity contribution in [3.8, 4) is 0 Å². The maximum atomic E-state index is 11.6. The van der Waals surface area contributed by atoms with Crippen LogP contribution in [0.3, 0.4) is 0 Å². The van der Waals surface area contributed by atoms with Gasteiger partial charge in [0.15, 0.2) is 5.96 Å². The van der Waals surface area contributed by atoms with Crippen LogP contribution >= 0.6 is 35.6 Å². The maximum Gasteiger partial charge on any atom is 0.221 e. The van der Waals surface area contributed by atoms with Crippen molar-refractivity contribution in [2.24, 2.45) is 12.0 Å². The minimum Gasteiger partial charge on any atom is -0.356 e. The summed E-state index contributed by atoms with van der Waals surface area (Å²) < 4.78 is 1.99. The second-order valence-electron chi connectivity index (χ2n) is 5.19. The highest BCUT2D eigenvalue weighted by Gasteiger charge is 2.10. The van der Waals surface area contributed by atoms with Gasteiger partial charge < -0.3 is 20.1 Å². The molecule has 0 spiro atoms. The van der Waals surface area contributed by atoms with Crippen LogP contribution in [0.4, 0.5) is 0 Å². The Morgan fingerprint density at radius 1 is 1.39 bits per heavy atom. The lowest BCUT2D eigenvalue weighted by Gasteiger charge is -2.22. The van der Waals surface area contributed by atoms with Crippen LogP contribution in [-0.4, -0.2) is 48.5 Å². The lowest BCUT2D eigenvalue weighted by molar-refractivity contribution is -0.120. The number of rotatable bonds is 7. The van der Waals surface area contributed by atoms with E-state index in [4.69, 9.17) is 11.6 Å². The molecule has 2 N–H and O–H groups in total. The van der Waals surface area contributed by atoms with Crippen LogP contribution in [-0.2, 0) is 18.4 Å². The van der Waals surface area contributed by atoms with E-state index in [1.807, 2.05) is 42.7 Å². The molecular formula is C15H27ClIN5O. The van der Waals surface area contributed by atoms with Gasteiger partial charge in [-0.25, -0.2) is 0 Å². The molecule has 0 saturated heterocycles. The molecule has 132 valence electrons. The molecule has 0 fully saturated rings. The fraction of sp³-hybridized carbons (Fsp3) is 0.600. The number of aryl methyl sites for hydroxylation is 1. The number of halogens is 2. The maximum absolute atomic E-state index is 11.6. The number of aromatic nitrogens is 1. The highest BCUT2D eigenvalue weighted by molar-refractivity contribution is 14.0. The molecule has 6 nitrogen and oxygen atoms in total. The van der Waals surface area contributed by atoms with Crippen molar-refractivity contribution in [1.82, 2.24) is 20.1 Å². The summed E-state index contributed by atoms with van der Waals surface area (Å²) in [6.45, 7) is 4.00. The number of aliphatic imine (C=N–C) groups is 1. The van der Waals surface area contributed by atoms with Gasteiger partial charge in [0.1, 0.15) is 0 Å². The van der Waals surface area contributed by atoms with E-state index in [1.165, 1.54) is 0 Å². The Kier molecular flexibility index (Phi) is 11.1. The van der Waals surface area contributed by atoms with Gasteiger partial charge in [0, 0.05) is 52.5 Å². The van der Waals surface area contributed by atoms with E-state index in [1.54, 1.807) is 7.05 Å². The summed E-state index contributed by atoms with van der Waals surface area (Å²) in [6, 6.07) is 1.93. The standard InChI is InChI=1S/C15H26ClN5O.HI/c1-5-7-18-14(22)6-8-19-15(17-2)21(4)11-13-9-12(16)10-20(13)3;/h9-10H,5-8,11H2,1-4H3,(H,17,19)(H,18,22);1H. The van der Waals surface area contributed by atoms with E-state index >= 15 is 0 Å². The first kappa shape index (κ1) is 22.0. The summed E-state index contributed by atoms with van der Waals surface area (Å²) in [6.07, 6.45) is 3.25. The molecule has 1 rings (SSSR count). The van der Waals surface area contributed by atoms with Gasteiger partial charge in [-0.1, -0.05) is 18.5 Å². The molecule has 0 bridgehead atoms. The van der Waals surface area contributed by atoms with Gasteiger partial charge in [-0.15, -0.1) is 24.0 Å². The SMILES string of the molecule is CCCNC(=O)CCNC(=NC)N(C)Cc1cc(Cl)cn1C.I. The molecule has 0 unspecified atom stereocenters. The van der Waals surface area contributed by atoms with Crippen molar-refractivity contribution in [2.45, 2.75) is 26.3 Å². The van der Waals surface area contributed by atoms with Crippen LogP contribution in [0.2, 0.25) is 5.02 Å². The normalized spacial score (nSPS) is 10.9. The summed E-state index contributed by atoms with van der Waals surface area (Å²) in [5.41, 5.74) is 1.09. The lowest BCUT2D eigenvalue weighted by Crippen LogP contribution is -2.40. The van der Waals surface area contributed by atoms with Gasteiger partial charge in [-0.05, 0) is 12.5 Å². The minimum absolute atomic E-state index is 0. The van der Waals surface area contributed by atoms with Crippen LogP contribution in [0.25, 0.3) is 0 Å². The molecule has 0 saturated carbocycles. The van der Waals surface area contributed by atoms with Gasteiger partial charge in [0.2, 0.25) is 5.91 Å². The number of carbonyl (C=O) groups is 1. The van der Waals surface area contributed by atoms with Crippen LogP contribution < -0.4 is 10.6 Å². The number of guanidine groups is 1. The fourth-order valence-electron chi connectivity index (χ4n) is 2.07. The van der Waals surface area contributed by atoms with Crippen molar-refractivity contribution < 1.29 is 4.79 Å². The second kappa shape index (κ2) is 11.6. The van der Waals surface area contributed by atoms with E-state index in [-0.39, 0.29) is 29.9 Å². The van der Waals surface area contributed by atoms with Crippen molar-refractivity contribution in [3.63, 3.8) is 0 Å². The summed E-state index contributed by atoms with van der Waals surface area (Å²) >= 11 is 5.99. The summed E-state index contributed by atoms with van der Waals surface area (Å²) in [5, 5.41) is 6.77. The Morgan fingerprint density at radius 2 is 2.09 bits per heavy atom. The van der Waals surface area contributed by atoms with Crippen LogP contribution in [0.15, 0.2) is 17.3 Å². The third-order valence-electron chi connectivity index (χ3n) is 3.25. The Hall–Kier alpha value is -0.960. The third-order valence-corrected chi connectivity index (χ3v) is 3.46. The van der Waals surface area contributed by atoms with Gasteiger partial charge in [-0.3, -0.25) is 9.79 Å². The van der Waals surface area contributed by atoms with E-state index in [2.05, 4.69) is 15.6 Å². The van der Waals surface area contributed by atoms with Crippen LogP contribution in [0.5, 0.6) is 0 Å². The molecule has 0 radical (unpaired) electrons. The van der Waals surface area contributed by atoms with Gasteiger partial charge >= 0.3 is 0 Å². The Labute approximate surface area is 160 Å². The zero-order chi connectivity index (χ0) is 16.5. The Bertz CT molecular complexity index is 518. The van der Waals surface area contributed by atoms with Crippen molar-refractivity contribution >= 4 is 47.4 Å². The predicted molar refractivity (Wildman–Crippen MR) is 107 cm³/mol. The van der Waals surface area contributed by atoms with E-state index in [0.29, 0.717) is 19.5 Å². The molecule has 0 aliphatic rings. The summed E-state index contributed by atoms with van der Waals surface area (Å²) in [4.78, 5) is 17.8. The average molecular weight is 456 g/mol. The number of nitrogens with zero attached hydrogens (tertiary/aromatic N) is 3. The van der Waals surface area contributed by atoms with E-state index in [0.717, 1.165) is 29.6 Å². The van der Waals surface area contributed by atoms with Gasteiger partial charge in [0.25, 0.3) is 0 Å². The van der Waals surface area contributed by atoms with Crippen molar-refractivity contribution in [1.29, 1.82) is 0 Å². The molecule has 8 heteroatoms. The zero-order valence-corrected chi connectivity index (χ0v) is 17.3. The van der Waals surface area contributed by atoms with E-state index in [9.17, 15) is 4.79 Å². The van der Waals surface area contributed by atoms with E-state index < -0.39 is 0 Å². The van der Waals surface area contributed by atoms with Gasteiger partial charge in [0.05, 0.1) is 11.6 Å². The first-order chi connectivity index (χ1) is 10.5. The Morgan fingerprint density at radius 3 is 2.61 bits per heavy atom. The molecule has 0 aliphatic heterocycles. The third kappa shape index (κ3) is 7.92. The molecular weight excluding hydrogens is 429 g/mol. The number of carbonyl (C=O) groups excluding carboxylic acids is 1. The molecule has 1 heterocycles. The monoisotopic (exact) mass is 455 g/mol. The molecule has 0 aromatic carbocycles.